The minimum absolute atomic E-state index is 0.0315. The molecule has 0 unspecified atom stereocenters. The molecule has 1 aliphatic rings. The second-order valence-corrected chi connectivity index (χ2v) is 11.9. The number of ether oxygens (including phenoxy) is 1. The summed E-state index contributed by atoms with van der Waals surface area (Å²) in [5.74, 6) is 5.99. The van der Waals surface area contributed by atoms with Gasteiger partial charge in [-0.1, -0.05) is 30.4 Å². The first-order chi connectivity index (χ1) is 16.9. The maximum atomic E-state index is 13.7. The molecule has 0 radical (unpaired) electrons. The number of hydrogen-bond acceptors (Lipinski definition) is 6. The van der Waals surface area contributed by atoms with E-state index in [0.29, 0.717) is 35.3 Å². The second kappa shape index (κ2) is 12.1. The van der Waals surface area contributed by atoms with Gasteiger partial charge < -0.3 is 14.7 Å². The lowest BCUT2D eigenvalue weighted by molar-refractivity contribution is -0.123. The number of carbonyl (C=O) groups excluding carboxylic acids is 1. The quantitative estimate of drug-likeness (QED) is 0.401. The molecule has 1 amide bonds. The lowest BCUT2D eigenvalue weighted by atomic mass is 9.82. The van der Waals surface area contributed by atoms with Crippen LogP contribution in [-0.4, -0.2) is 39.8 Å². The summed E-state index contributed by atoms with van der Waals surface area (Å²) in [5, 5.41) is 17.9. The Hall–Kier alpha value is -2.63. The Labute approximate surface area is 222 Å². The average Bonchev–Trinajstić information content (AvgIpc) is 3.24. The number of hydrogen-bond donors (Lipinski definition) is 1. The van der Waals surface area contributed by atoms with E-state index in [9.17, 15) is 14.7 Å². The lowest BCUT2D eigenvalue weighted by Gasteiger charge is -2.31. The predicted molar refractivity (Wildman–Crippen MR) is 143 cm³/mol. The molecule has 0 aliphatic heterocycles. The highest BCUT2D eigenvalue weighted by Crippen LogP contribution is 2.35. The molecule has 1 atom stereocenters. The normalized spacial score (nSPS) is 18.6. The number of amides is 1. The van der Waals surface area contributed by atoms with Gasteiger partial charge in [0, 0.05) is 30.4 Å². The molecule has 2 aromatic heterocycles. The molecule has 2 aromatic rings. The molecule has 194 valence electrons. The molecule has 1 saturated carbocycles. The Bertz CT molecular complexity index is 1120. The van der Waals surface area contributed by atoms with E-state index in [1.165, 1.54) is 0 Å². The van der Waals surface area contributed by atoms with E-state index in [1.807, 2.05) is 27.7 Å². The van der Waals surface area contributed by atoms with E-state index in [0.717, 1.165) is 37.0 Å². The van der Waals surface area contributed by atoms with E-state index in [2.05, 4.69) is 29.0 Å². The fraction of sp³-hybridized carbons (Fsp3) is 0.556. The largest absolute Gasteiger partial charge is 0.477 e. The van der Waals surface area contributed by atoms with Crippen molar-refractivity contribution in [2.75, 3.05) is 11.4 Å². The number of halogens is 1. The first-order valence-electron chi connectivity index (χ1n) is 12.3. The van der Waals surface area contributed by atoms with Gasteiger partial charge in [0.2, 0.25) is 11.8 Å². The summed E-state index contributed by atoms with van der Waals surface area (Å²) in [7, 11) is 0. The molecule has 3 rings (SSSR count). The zero-order valence-corrected chi connectivity index (χ0v) is 23.1. The van der Waals surface area contributed by atoms with Crippen molar-refractivity contribution in [2.45, 2.75) is 72.8 Å². The van der Waals surface area contributed by atoms with E-state index in [1.54, 1.807) is 23.1 Å². The summed E-state index contributed by atoms with van der Waals surface area (Å²) in [6.45, 7) is 10.4. The molecule has 1 N–H and O–H groups in total. The summed E-state index contributed by atoms with van der Waals surface area (Å²) < 4.78 is 5.85. The number of aromatic nitrogens is 2. The van der Waals surface area contributed by atoms with Crippen molar-refractivity contribution in [3.63, 3.8) is 0 Å². The van der Waals surface area contributed by atoms with Crippen LogP contribution in [-0.2, 0) is 4.79 Å². The van der Waals surface area contributed by atoms with Crippen molar-refractivity contribution >= 4 is 40.5 Å². The van der Waals surface area contributed by atoms with Crippen molar-refractivity contribution in [3.05, 3.63) is 33.1 Å². The van der Waals surface area contributed by atoms with Gasteiger partial charge in [0.1, 0.15) is 4.88 Å². The molecule has 0 saturated heterocycles. The van der Waals surface area contributed by atoms with Gasteiger partial charge in [-0.05, 0) is 71.4 Å². The lowest BCUT2D eigenvalue weighted by Crippen LogP contribution is -2.40. The number of rotatable bonds is 8. The SMILES string of the molecule is CC1CCC(C(=O)N(CC[C@H](C)Oc2ccc(Cl)nn2)c2cc(C#CC(C)(C)C)sc2C(=O)O)CC1. The van der Waals surface area contributed by atoms with Gasteiger partial charge in [0.15, 0.2) is 5.15 Å². The molecule has 7 nitrogen and oxygen atoms in total. The Kier molecular flexibility index (Phi) is 9.37. The Morgan fingerprint density at radius 1 is 1.25 bits per heavy atom. The van der Waals surface area contributed by atoms with Crippen LogP contribution in [0.25, 0.3) is 0 Å². The van der Waals surface area contributed by atoms with Crippen LogP contribution in [0.5, 0.6) is 5.88 Å². The molecular weight excluding hydrogens is 498 g/mol. The molecule has 1 fully saturated rings. The van der Waals surface area contributed by atoms with Crippen LogP contribution < -0.4 is 9.64 Å². The molecule has 2 heterocycles. The molecule has 36 heavy (non-hydrogen) atoms. The van der Waals surface area contributed by atoms with Crippen molar-refractivity contribution in [1.29, 1.82) is 0 Å². The summed E-state index contributed by atoms with van der Waals surface area (Å²) in [4.78, 5) is 28.3. The highest BCUT2D eigenvalue weighted by molar-refractivity contribution is 7.15. The molecule has 0 aromatic carbocycles. The van der Waals surface area contributed by atoms with Gasteiger partial charge in [-0.3, -0.25) is 4.79 Å². The van der Waals surface area contributed by atoms with E-state index in [4.69, 9.17) is 16.3 Å². The summed E-state index contributed by atoms with van der Waals surface area (Å²) in [5.41, 5.74) is 0.187. The van der Waals surface area contributed by atoms with Gasteiger partial charge in [-0.15, -0.1) is 21.5 Å². The van der Waals surface area contributed by atoms with E-state index >= 15 is 0 Å². The van der Waals surface area contributed by atoms with Crippen LogP contribution in [0.3, 0.4) is 0 Å². The standard InChI is InChI=1S/C27H34ClN3O4S/c1-17-6-8-19(9-7-17)25(32)31(15-13-18(2)35-23-11-10-22(28)29-30-23)21-16-20(12-14-27(3,4)5)36-24(21)26(33)34/h10-11,16-19H,6-9,13,15H2,1-5H3,(H,33,34)/t17?,18-,19?/m0/s1. The first kappa shape index (κ1) is 27.9. The molecule has 1 aliphatic carbocycles. The molecule has 0 spiro atoms. The summed E-state index contributed by atoms with van der Waals surface area (Å²) in [6.07, 6.45) is 3.82. The van der Waals surface area contributed by atoms with Crippen molar-refractivity contribution in [2.24, 2.45) is 17.3 Å². The van der Waals surface area contributed by atoms with Crippen molar-refractivity contribution in [1.82, 2.24) is 10.2 Å². The number of nitrogens with zero attached hydrogens (tertiary/aromatic N) is 3. The molecule has 9 heteroatoms. The van der Waals surface area contributed by atoms with Gasteiger partial charge in [0.25, 0.3) is 0 Å². The zero-order valence-electron chi connectivity index (χ0n) is 21.5. The Morgan fingerprint density at radius 3 is 2.53 bits per heavy atom. The number of carbonyl (C=O) groups is 2. The maximum absolute atomic E-state index is 13.7. The number of carboxylic acids is 1. The monoisotopic (exact) mass is 531 g/mol. The minimum Gasteiger partial charge on any atom is -0.477 e. The van der Waals surface area contributed by atoms with Crippen molar-refractivity contribution < 1.29 is 19.4 Å². The maximum Gasteiger partial charge on any atom is 0.348 e. The zero-order chi connectivity index (χ0) is 26.5. The third kappa shape index (κ3) is 7.94. The number of anilines is 1. The predicted octanol–water partition coefficient (Wildman–Crippen LogP) is 6.30. The Morgan fingerprint density at radius 2 is 1.94 bits per heavy atom. The van der Waals surface area contributed by atoms with E-state index < -0.39 is 5.97 Å². The highest BCUT2D eigenvalue weighted by atomic mass is 35.5. The van der Waals surface area contributed by atoms with Gasteiger partial charge in [-0.25, -0.2) is 4.79 Å². The van der Waals surface area contributed by atoms with Gasteiger partial charge in [0.05, 0.1) is 16.7 Å². The fourth-order valence-electron chi connectivity index (χ4n) is 4.07. The minimum atomic E-state index is -1.06. The second-order valence-electron chi connectivity index (χ2n) is 10.5. The average molecular weight is 532 g/mol. The third-order valence-electron chi connectivity index (χ3n) is 6.08. The summed E-state index contributed by atoms with van der Waals surface area (Å²) in [6, 6.07) is 4.98. The molecular formula is C27H34ClN3O4S. The Balaban J connectivity index is 1.87. The van der Waals surface area contributed by atoms with Crippen LogP contribution in [0.4, 0.5) is 5.69 Å². The fourth-order valence-corrected chi connectivity index (χ4v) is 5.02. The van der Waals surface area contributed by atoms with Crippen LogP contribution >= 0.6 is 22.9 Å². The van der Waals surface area contributed by atoms with E-state index in [-0.39, 0.29) is 33.4 Å². The van der Waals surface area contributed by atoms with Crippen molar-refractivity contribution in [3.8, 4) is 17.7 Å². The highest BCUT2D eigenvalue weighted by Gasteiger charge is 2.32. The number of aromatic carboxylic acids is 1. The smallest absolute Gasteiger partial charge is 0.348 e. The van der Waals surface area contributed by atoms with Crippen LogP contribution in [0.2, 0.25) is 5.15 Å². The van der Waals surface area contributed by atoms with Gasteiger partial charge in [-0.2, -0.15) is 0 Å². The topological polar surface area (TPSA) is 92.6 Å². The van der Waals surface area contributed by atoms with Crippen LogP contribution in [0.15, 0.2) is 18.2 Å². The summed E-state index contributed by atoms with van der Waals surface area (Å²) >= 11 is 6.91. The third-order valence-corrected chi connectivity index (χ3v) is 7.31. The first-order valence-corrected chi connectivity index (χ1v) is 13.5. The number of carboxylic acid groups (broad SMARTS) is 1. The van der Waals surface area contributed by atoms with Gasteiger partial charge >= 0.3 is 5.97 Å². The number of thiophene rings is 1. The van der Waals surface area contributed by atoms with Crippen LogP contribution in [0, 0.1) is 29.1 Å². The molecule has 0 bridgehead atoms. The van der Waals surface area contributed by atoms with Crippen LogP contribution in [0.1, 0.15) is 81.3 Å².